The van der Waals surface area contributed by atoms with Gasteiger partial charge < -0.3 is 10.1 Å². The molecule has 3 N–H and O–H groups in total. The Bertz CT molecular complexity index is 449. The number of hydrogen-bond acceptors (Lipinski definition) is 5. The standard InChI is InChI=1S/C11H19N5O3/c1-5-19-10-14-9(15-16-10)13-7(17)6-12-8(18)11(2,3)4/h5-6H2,1-4H3,(H,12,18)(H2,13,14,15,16,17). The second kappa shape index (κ2) is 6.17. The number of ether oxygens (including phenoxy) is 1. The van der Waals surface area contributed by atoms with Gasteiger partial charge in [0.2, 0.25) is 17.8 Å². The summed E-state index contributed by atoms with van der Waals surface area (Å²) in [4.78, 5) is 27.0. The molecule has 0 radical (unpaired) electrons. The molecule has 1 aromatic rings. The summed E-state index contributed by atoms with van der Waals surface area (Å²) in [6.07, 6.45) is 0. The van der Waals surface area contributed by atoms with E-state index < -0.39 is 11.3 Å². The van der Waals surface area contributed by atoms with Crippen LogP contribution in [0.15, 0.2) is 0 Å². The maximum atomic E-state index is 11.6. The van der Waals surface area contributed by atoms with Crippen LogP contribution in [-0.2, 0) is 9.59 Å². The maximum absolute atomic E-state index is 11.6. The van der Waals surface area contributed by atoms with Crippen LogP contribution in [0.4, 0.5) is 5.95 Å². The number of carbonyl (C=O) groups is 2. The van der Waals surface area contributed by atoms with Gasteiger partial charge >= 0.3 is 6.01 Å². The lowest BCUT2D eigenvalue weighted by Crippen LogP contribution is -2.39. The fourth-order valence-electron chi connectivity index (χ4n) is 1.10. The Morgan fingerprint density at radius 2 is 2.05 bits per heavy atom. The molecular weight excluding hydrogens is 250 g/mol. The van der Waals surface area contributed by atoms with Gasteiger partial charge in [0, 0.05) is 5.41 Å². The third kappa shape index (κ3) is 4.94. The van der Waals surface area contributed by atoms with E-state index in [2.05, 4.69) is 25.8 Å². The number of nitrogens with zero attached hydrogens (tertiary/aromatic N) is 2. The van der Waals surface area contributed by atoms with Crippen molar-refractivity contribution in [1.29, 1.82) is 0 Å². The van der Waals surface area contributed by atoms with E-state index in [4.69, 9.17) is 4.74 Å². The van der Waals surface area contributed by atoms with Crippen molar-refractivity contribution in [3.05, 3.63) is 0 Å². The first-order valence-corrected chi connectivity index (χ1v) is 5.96. The number of anilines is 1. The molecule has 1 heterocycles. The molecule has 0 saturated carbocycles. The van der Waals surface area contributed by atoms with Gasteiger partial charge in [0.05, 0.1) is 13.2 Å². The van der Waals surface area contributed by atoms with Gasteiger partial charge in [-0.1, -0.05) is 20.8 Å². The van der Waals surface area contributed by atoms with Crippen LogP contribution in [0.2, 0.25) is 0 Å². The fourth-order valence-corrected chi connectivity index (χ4v) is 1.10. The molecule has 0 bridgehead atoms. The minimum absolute atomic E-state index is 0.124. The van der Waals surface area contributed by atoms with Gasteiger partial charge in [0.25, 0.3) is 0 Å². The van der Waals surface area contributed by atoms with E-state index in [9.17, 15) is 9.59 Å². The average molecular weight is 269 g/mol. The van der Waals surface area contributed by atoms with Gasteiger partial charge in [0.15, 0.2) is 0 Å². The quantitative estimate of drug-likeness (QED) is 0.712. The molecule has 8 nitrogen and oxygen atoms in total. The van der Waals surface area contributed by atoms with E-state index in [-0.39, 0.29) is 24.4 Å². The highest BCUT2D eigenvalue weighted by Crippen LogP contribution is 2.12. The van der Waals surface area contributed by atoms with Crippen molar-refractivity contribution in [2.75, 3.05) is 18.5 Å². The number of amides is 2. The lowest BCUT2D eigenvalue weighted by molar-refractivity contribution is -0.130. The molecule has 0 spiro atoms. The van der Waals surface area contributed by atoms with Gasteiger partial charge in [-0.25, -0.2) is 5.10 Å². The molecule has 1 rings (SSSR count). The van der Waals surface area contributed by atoms with Gasteiger partial charge in [-0.3, -0.25) is 14.9 Å². The van der Waals surface area contributed by atoms with Crippen molar-refractivity contribution >= 4 is 17.8 Å². The Labute approximate surface area is 111 Å². The number of aromatic amines is 1. The van der Waals surface area contributed by atoms with Crippen LogP contribution in [0, 0.1) is 5.41 Å². The molecule has 1 aromatic heterocycles. The summed E-state index contributed by atoms with van der Waals surface area (Å²) in [5, 5.41) is 11.2. The van der Waals surface area contributed by atoms with Crippen LogP contribution >= 0.6 is 0 Å². The number of nitrogens with one attached hydrogen (secondary N) is 3. The van der Waals surface area contributed by atoms with Crippen LogP contribution in [0.1, 0.15) is 27.7 Å². The predicted molar refractivity (Wildman–Crippen MR) is 68.6 cm³/mol. The molecule has 106 valence electrons. The lowest BCUT2D eigenvalue weighted by atomic mass is 9.96. The van der Waals surface area contributed by atoms with E-state index >= 15 is 0 Å². The first-order valence-electron chi connectivity index (χ1n) is 5.96. The first-order chi connectivity index (χ1) is 8.82. The number of rotatable bonds is 5. The molecule has 0 fully saturated rings. The maximum Gasteiger partial charge on any atom is 0.337 e. The highest BCUT2D eigenvalue weighted by molar-refractivity contribution is 5.93. The molecule has 19 heavy (non-hydrogen) atoms. The zero-order valence-electron chi connectivity index (χ0n) is 11.5. The molecule has 0 aromatic carbocycles. The normalized spacial score (nSPS) is 10.9. The molecule has 0 atom stereocenters. The molecular formula is C11H19N5O3. The molecule has 0 unspecified atom stereocenters. The van der Waals surface area contributed by atoms with Crippen LogP contribution in [0.25, 0.3) is 0 Å². The summed E-state index contributed by atoms with van der Waals surface area (Å²) in [5.41, 5.74) is -0.533. The van der Waals surface area contributed by atoms with Gasteiger partial charge in [0.1, 0.15) is 0 Å². The van der Waals surface area contributed by atoms with Crippen molar-refractivity contribution in [3.63, 3.8) is 0 Å². The molecule has 8 heteroatoms. The smallest absolute Gasteiger partial charge is 0.337 e. The van der Waals surface area contributed by atoms with Crippen LogP contribution < -0.4 is 15.4 Å². The molecule has 0 aliphatic rings. The van der Waals surface area contributed by atoms with E-state index in [1.807, 2.05) is 0 Å². The Morgan fingerprint density at radius 1 is 1.37 bits per heavy atom. The van der Waals surface area contributed by atoms with Gasteiger partial charge in [-0.2, -0.15) is 4.98 Å². The highest BCUT2D eigenvalue weighted by Gasteiger charge is 2.21. The van der Waals surface area contributed by atoms with Gasteiger partial charge in [-0.05, 0) is 6.92 Å². The van der Waals surface area contributed by atoms with E-state index in [0.29, 0.717) is 6.61 Å². The molecule has 0 aliphatic carbocycles. The number of aromatic nitrogens is 3. The molecule has 2 amide bonds. The van der Waals surface area contributed by atoms with Crippen molar-refractivity contribution in [3.8, 4) is 6.01 Å². The largest absolute Gasteiger partial charge is 0.463 e. The van der Waals surface area contributed by atoms with Crippen molar-refractivity contribution < 1.29 is 14.3 Å². The summed E-state index contributed by atoms with van der Waals surface area (Å²) in [6.45, 7) is 7.42. The third-order valence-electron chi connectivity index (χ3n) is 2.09. The van der Waals surface area contributed by atoms with Crippen molar-refractivity contribution in [1.82, 2.24) is 20.5 Å². The monoisotopic (exact) mass is 269 g/mol. The topological polar surface area (TPSA) is 109 Å². The summed E-state index contributed by atoms with van der Waals surface area (Å²) in [6, 6.07) is 0.163. The zero-order chi connectivity index (χ0) is 14.5. The second-order valence-corrected chi connectivity index (χ2v) is 4.88. The van der Waals surface area contributed by atoms with E-state index in [1.54, 1.807) is 27.7 Å². The fraction of sp³-hybridized carbons (Fsp3) is 0.636. The number of H-pyrrole nitrogens is 1. The first kappa shape index (κ1) is 14.9. The predicted octanol–water partition coefficient (Wildman–Crippen LogP) is 0.304. The summed E-state index contributed by atoms with van der Waals surface area (Å²) >= 11 is 0. The van der Waals surface area contributed by atoms with Crippen molar-refractivity contribution in [2.24, 2.45) is 5.41 Å². The van der Waals surface area contributed by atoms with E-state index in [1.165, 1.54) is 0 Å². The van der Waals surface area contributed by atoms with Crippen molar-refractivity contribution in [2.45, 2.75) is 27.7 Å². The molecule has 0 saturated heterocycles. The van der Waals surface area contributed by atoms with Gasteiger partial charge in [-0.15, -0.1) is 5.10 Å². The SMILES string of the molecule is CCOc1n[nH]c(NC(=O)CNC(=O)C(C)(C)C)n1. The summed E-state index contributed by atoms with van der Waals surface area (Å²) in [7, 11) is 0. The summed E-state index contributed by atoms with van der Waals surface area (Å²) < 4.78 is 5.04. The molecule has 0 aliphatic heterocycles. The van der Waals surface area contributed by atoms with E-state index in [0.717, 1.165) is 0 Å². The zero-order valence-corrected chi connectivity index (χ0v) is 11.5. The average Bonchev–Trinajstić information content (AvgIpc) is 2.72. The van der Waals surface area contributed by atoms with Crippen LogP contribution in [-0.4, -0.2) is 40.1 Å². The minimum Gasteiger partial charge on any atom is -0.463 e. The Hall–Kier alpha value is -2.12. The lowest BCUT2D eigenvalue weighted by Gasteiger charge is -2.17. The Morgan fingerprint density at radius 3 is 2.63 bits per heavy atom. The Kier molecular flexibility index (Phi) is 4.85. The van der Waals surface area contributed by atoms with Crippen LogP contribution in [0.3, 0.4) is 0 Å². The minimum atomic E-state index is -0.533. The number of hydrogen-bond donors (Lipinski definition) is 3. The second-order valence-electron chi connectivity index (χ2n) is 4.88. The van der Waals surface area contributed by atoms with Crippen LogP contribution in [0.5, 0.6) is 6.01 Å². The third-order valence-corrected chi connectivity index (χ3v) is 2.09. The number of carbonyl (C=O) groups excluding carboxylic acids is 2. The Balaban J connectivity index is 2.40. The summed E-state index contributed by atoms with van der Waals surface area (Å²) in [5.74, 6) is -0.412. The highest BCUT2D eigenvalue weighted by atomic mass is 16.5.